The monoisotopic (exact) mass is 299 g/mol. The summed E-state index contributed by atoms with van der Waals surface area (Å²) in [5.74, 6) is -0.985. The second-order valence-electron chi connectivity index (χ2n) is 4.70. The van der Waals surface area contributed by atoms with Crippen molar-refractivity contribution < 1.29 is 18.3 Å². The van der Waals surface area contributed by atoms with Gasteiger partial charge in [-0.25, -0.2) is 13.2 Å². The third-order valence-electron chi connectivity index (χ3n) is 3.13. The molecule has 0 unspecified atom stereocenters. The van der Waals surface area contributed by atoms with Crippen molar-refractivity contribution in [3.05, 3.63) is 29.8 Å². The van der Waals surface area contributed by atoms with E-state index in [-0.39, 0.29) is 11.3 Å². The Morgan fingerprint density at radius 2 is 1.95 bits per heavy atom. The molecule has 0 bridgehead atoms. The normalized spacial score (nSPS) is 11.3. The van der Waals surface area contributed by atoms with Crippen LogP contribution in [-0.4, -0.2) is 32.3 Å². The Morgan fingerprint density at radius 3 is 2.55 bits per heavy atom. The number of hydrogen-bond donors (Lipinski definition) is 1. The van der Waals surface area contributed by atoms with Crippen LogP contribution in [-0.2, 0) is 10.0 Å². The predicted molar refractivity (Wildman–Crippen MR) is 79.7 cm³/mol. The fourth-order valence-corrected chi connectivity index (χ4v) is 3.12. The molecule has 0 spiro atoms. The number of carbonyl (C=O) groups is 1. The minimum atomic E-state index is -3.40. The Kier molecular flexibility index (Phi) is 6.01. The molecule has 0 heterocycles. The summed E-state index contributed by atoms with van der Waals surface area (Å²) >= 11 is 0. The number of anilines is 1. The lowest BCUT2D eigenvalue weighted by Gasteiger charge is -2.19. The van der Waals surface area contributed by atoms with Crippen molar-refractivity contribution in [2.75, 3.05) is 17.1 Å². The number of carboxylic acids is 1. The van der Waals surface area contributed by atoms with Gasteiger partial charge in [0, 0.05) is 7.05 Å². The van der Waals surface area contributed by atoms with Gasteiger partial charge in [0.1, 0.15) is 0 Å². The number of carboxylic acid groups (broad SMARTS) is 1. The van der Waals surface area contributed by atoms with E-state index in [2.05, 4.69) is 6.92 Å². The summed E-state index contributed by atoms with van der Waals surface area (Å²) in [5.41, 5.74) is 0.455. The lowest BCUT2D eigenvalue weighted by molar-refractivity contribution is 0.0697. The Labute approximate surface area is 120 Å². The van der Waals surface area contributed by atoms with Crippen molar-refractivity contribution in [1.82, 2.24) is 0 Å². The van der Waals surface area contributed by atoms with E-state index in [1.807, 2.05) is 0 Å². The first-order valence-electron chi connectivity index (χ1n) is 6.68. The summed E-state index contributed by atoms with van der Waals surface area (Å²) in [6.45, 7) is 2.07. The maximum absolute atomic E-state index is 12.2. The van der Waals surface area contributed by atoms with Crippen molar-refractivity contribution >= 4 is 21.7 Å². The molecule has 0 atom stereocenters. The van der Waals surface area contributed by atoms with Crippen molar-refractivity contribution in [3.63, 3.8) is 0 Å². The van der Waals surface area contributed by atoms with Gasteiger partial charge in [0.15, 0.2) is 0 Å². The SMILES string of the molecule is CCCCCCS(=O)(=O)N(C)c1cccc(C(=O)O)c1. The van der Waals surface area contributed by atoms with Gasteiger partial charge >= 0.3 is 5.97 Å². The summed E-state index contributed by atoms with van der Waals surface area (Å²) in [7, 11) is -1.94. The lowest BCUT2D eigenvalue weighted by Crippen LogP contribution is -2.29. The summed E-state index contributed by atoms with van der Waals surface area (Å²) in [4.78, 5) is 10.9. The van der Waals surface area contributed by atoms with E-state index < -0.39 is 16.0 Å². The second kappa shape index (κ2) is 7.28. The summed E-state index contributed by atoms with van der Waals surface area (Å²) < 4.78 is 25.5. The zero-order valence-corrected chi connectivity index (χ0v) is 12.7. The quantitative estimate of drug-likeness (QED) is 0.749. The zero-order chi connectivity index (χ0) is 15.2. The molecule has 5 nitrogen and oxygen atoms in total. The number of nitrogens with zero attached hydrogens (tertiary/aromatic N) is 1. The van der Waals surface area contributed by atoms with E-state index in [0.29, 0.717) is 12.1 Å². The molecular formula is C14H21NO4S. The minimum Gasteiger partial charge on any atom is -0.478 e. The molecule has 0 amide bonds. The fourth-order valence-electron chi connectivity index (χ4n) is 1.84. The predicted octanol–water partition coefficient (Wildman–Crippen LogP) is 2.73. The Balaban J connectivity index is 2.79. The molecular weight excluding hydrogens is 278 g/mol. The molecule has 0 aliphatic rings. The summed E-state index contributed by atoms with van der Waals surface area (Å²) in [6, 6.07) is 5.94. The molecule has 1 N–H and O–H groups in total. The van der Waals surface area contributed by atoms with Crippen molar-refractivity contribution in [2.45, 2.75) is 32.6 Å². The van der Waals surface area contributed by atoms with Crippen LogP contribution in [0.15, 0.2) is 24.3 Å². The number of sulfonamides is 1. The average Bonchev–Trinajstić information content (AvgIpc) is 2.43. The number of rotatable bonds is 8. The molecule has 0 saturated carbocycles. The Hall–Kier alpha value is -1.56. The van der Waals surface area contributed by atoms with Gasteiger partial charge < -0.3 is 5.11 Å². The first-order chi connectivity index (χ1) is 9.38. The second-order valence-corrected chi connectivity index (χ2v) is 6.82. The van der Waals surface area contributed by atoms with Gasteiger partial charge in [0.2, 0.25) is 10.0 Å². The van der Waals surface area contributed by atoms with Crippen LogP contribution >= 0.6 is 0 Å². The standard InChI is InChI=1S/C14H21NO4S/c1-3-4-5-6-10-20(18,19)15(2)13-9-7-8-12(11-13)14(16)17/h7-9,11H,3-6,10H2,1-2H3,(H,16,17). The molecule has 1 aromatic rings. The Bertz CT molecular complexity index is 554. The molecule has 0 saturated heterocycles. The first kappa shape index (κ1) is 16.5. The van der Waals surface area contributed by atoms with Gasteiger partial charge in [-0.2, -0.15) is 0 Å². The van der Waals surface area contributed by atoms with Crippen LogP contribution in [0.3, 0.4) is 0 Å². The third kappa shape index (κ3) is 4.52. The van der Waals surface area contributed by atoms with E-state index in [0.717, 1.165) is 23.6 Å². The zero-order valence-electron chi connectivity index (χ0n) is 11.9. The van der Waals surface area contributed by atoms with E-state index in [1.165, 1.54) is 19.2 Å². The largest absolute Gasteiger partial charge is 0.478 e. The van der Waals surface area contributed by atoms with Gasteiger partial charge in [0.05, 0.1) is 17.0 Å². The fraction of sp³-hybridized carbons (Fsp3) is 0.500. The van der Waals surface area contributed by atoms with Crippen molar-refractivity contribution in [2.24, 2.45) is 0 Å². The van der Waals surface area contributed by atoms with Crippen molar-refractivity contribution in [1.29, 1.82) is 0 Å². The number of benzene rings is 1. The average molecular weight is 299 g/mol. The van der Waals surface area contributed by atoms with E-state index in [9.17, 15) is 13.2 Å². The maximum Gasteiger partial charge on any atom is 0.335 e. The summed E-state index contributed by atoms with van der Waals surface area (Å²) in [6.07, 6.45) is 3.59. The first-order valence-corrected chi connectivity index (χ1v) is 8.29. The van der Waals surface area contributed by atoms with Gasteiger partial charge in [-0.05, 0) is 24.6 Å². The van der Waals surface area contributed by atoms with Gasteiger partial charge in [-0.1, -0.05) is 32.3 Å². The highest BCUT2D eigenvalue weighted by Gasteiger charge is 2.18. The number of aromatic carboxylic acids is 1. The molecule has 0 radical (unpaired) electrons. The lowest BCUT2D eigenvalue weighted by atomic mass is 10.2. The molecule has 20 heavy (non-hydrogen) atoms. The molecule has 1 aromatic carbocycles. The van der Waals surface area contributed by atoms with E-state index >= 15 is 0 Å². The molecule has 0 aliphatic carbocycles. The van der Waals surface area contributed by atoms with Gasteiger partial charge in [-0.3, -0.25) is 4.31 Å². The molecule has 0 fully saturated rings. The van der Waals surface area contributed by atoms with Crippen LogP contribution in [0.4, 0.5) is 5.69 Å². The van der Waals surface area contributed by atoms with Crippen LogP contribution in [0.2, 0.25) is 0 Å². The van der Waals surface area contributed by atoms with Gasteiger partial charge in [-0.15, -0.1) is 0 Å². The topological polar surface area (TPSA) is 74.7 Å². The Morgan fingerprint density at radius 1 is 1.25 bits per heavy atom. The smallest absolute Gasteiger partial charge is 0.335 e. The highest BCUT2D eigenvalue weighted by molar-refractivity contribution is 7.92. The molecule has 1 rings (SSSR count). The minimum absolute atomic E-state index is 0.0792. The molecule has 6 heteroatoms. The van der Waals surface area contributed by atoms with E-state index in [4.69, 9.17) is 5.11 Å². The van der Waals surface area contributed by atoms with Crippen molar-refractivity contribution in [3.8, 4) is 0 Å². The van der Waals surface area contributed by atoms with Crippen LogP contribution in [0.25, 0.3) is 0 Å². The molecule has 0 aliphatic heterocycles. The molecule has 0 aromatic heterocycles. The van der Waals surface area contributed by atoms with Crippen LogP contribution in [0.5, 0.6) is 0 Å². The van der Waals surface area contributed by atoms with Crippen LogP contribution in [0, 0.1) is 0 Å². The maximum atomic E-state index is 12.2. The highest BCUT2D eigenvalue weighted by atomic mass is 32.2. The van der Waals surface area contributed by atoms with Crippen LogP contribution in [0.1, 0.15) is 43.0 Å². The number of unbranched alkanes of at least 4 members (excludes halogenated alkanes) is 3. The molecule has 112 valence electrons. The van der Waals surface area contributed by atoms with E-state index in [1.54, 1.807) is 12.1 Å². The number of hydrogen-bond acceptors (Lipinski definition) is 3. The summed E-state index contributed by atoms with van der Waals surface area (Å²) in [5, 5.41) is 8.93. The van der Waals surface area contributed by atoms with Crippen LogP contribution < -0.4 is 4.31 Å². The highest BCUT2D eigenvalue weighted by Crippen LogP contribution is 2.19. The van der Waals surface area contributed by atoms with Gasteiger partial charge in [0.25, 0.3) is 0 Å². The third-order valence-corrected chi connectivity index (χ3v) is 4.98.